The molecule has 1 aromatic rings. The van der Waals surface area contributed by atoms with Crippen LogP contribution in [-0.2, 0) is 10.2 Å². The molecule has 1 N–H and O–H groups in total. The Kier molecular flexibility index (Phi) is 3.50. The molecule has 1 aliphatic heterocycles. The summed E-state index contributed by atoms with van der Waals surface area (Å²) in [7, 11) is 0. The van der Waals surface area contributed by atoms with Crippen LogP contribution >= 0.6 is 27.3 Å². The average molecular weight is 290 g/mol. The molecule has 15 heavy (non-hydrogen) atoms. The molecule has 0 bridgehead atoms. The van der Waals surface area contributed by atoms with Gasteiger partial charge in [0.2, 0.25) is 0 Å². The Bertz CT molecular complexity index is 333. The number of nitrogens with one attached hydrogen (secondary N) is 1. The van der Waals surface area contributed by atoms with Crippen LogP contribution in [0.25, 0.3) is 0 Å². The first kappa shape index (κ1) is 11.6. The fourth-order valence-corrected chi connectivity index (χ4v) is 3.22. The van der Waals surface area contributed by atoms with E-state index in [0.717, 1.165) is 19.8 Å². The van der Waals surface area contributed by atoms with Crippen molar-refractivity contribution >= 4 is 27.3 Å². The fraction of sp³-hybridized carbons (Fsp3) is 0.636. The van der Waals surface area contributed by atoms with E-state index in [2.05, 4.69) is 47.2 Å². The van der Waals surface area contributed by atoms with E-state index in [-0.39, 0.29) is 5.41 Å². The summed E-state index contributed by atoms with van der Waals surface area (Å²) in [5.74, 6) is 0. The highest BCUT2D eigenvalue weighted by Crippen LogP contribution is 2.37. The van der Waals surface area contributed by atoms with Gasteiger partial charge in [-0.1, -0.05) is 13.8 Å². The first-order valence-electron chi connectivity index (χ1n) is 5.19. The second-order valence-corrected chi connectivity index (χ2v) is 6.88. The summed E-state index contributed by atoms with van der Waals surface area (Å²) in [5, 5.41) is 3.51. The third-order valence-corrected chi connectivity index (χ3v) is 4.57. The van der Waals surface area contributed by atoms with Gasteiger partial charge >= 0.3 is 0 Å². The van der Waals surface area contributed by atoms with Gasteiger partial charge in [0, 0.05) is 17.5 Å². The zero-order valence-corrected chi connectivity index (χ0v) is 11.5. The molecule has 2 rings (SSSR count). The number of halogens is 1. The van der Waals surface area contributed by atoms with Gasteiger partial charge in [-0.25, -0.2) is 0 Å². The van der Waals surface area contributed by atoms with Gasteiger partial charge in [0.1, 0.15) is 0 Å². The minimum atomic E-state index is 0.223. The van der Waals surface area contributed by atoms with Gasteiger partial charge in [-0.2, -0.15) is 0 Å². The summed E-state index contributed by atoms with van der Waals surface area (Å²) in [5.41, 5.74) is 0.223. The van der Waals surface area contributed by atoms with Crippen LogP contribution in [0.5, 0.6) is 0 Å². The standard InChI is InChI=1S/C11H16BrNOS/c1-8(2)13-5-11(6-14-7-11)9-3-4-10(12)15-9/h3-4,8,13H,5-7H2,1-2H3. The van der Waals surface area contributed by atoms with Crippen molar-refractivity contribution in [1.29, 1.82) is 0 Å². The lowest BCUT2D eigenvalue weighted by Crippen LogP contribution is -2.54. The molecule has 1 saturated heterocycles. The zero-order valence-electron chi connectivity index (χ0n) is 9.05. The topological polar surface area (TPSA) is 21.3 Å². The third kappa shape index (κ3) is 2.44. The molecule has 2 heterocycles. The normalized spacial score (nSPS) is 19.2. The molecule has 1 fully saturated rings. The van der Waals surface area contributed by atoms with Crippen molar-refractivity contribution in [2.75, 3.05) is 19.8 Å². The van der Waals surface area contributed by atoms with Gasteiger partial charge in [0.05, 0.1) is 22.4 Å². The predicted molar refractivity (Wildman–Crippen MR) is 67.7 cm³/mol. The van der Waals surface area contributed by atoms with Gasteiger partial charge in [-0.05, 0) is 28.1 Å². The Morgan fingerprint density at radius 2 is 2.27 bits per heavy atom. The Hall–Kier alpha value is 0.1000. The maximum atomic E-state index is 5.39. The molecule has 0 unspecified atom stereocenters. The predicted octanol–water partition coefficient (Wildman–Crippen LogP) is 2.78. The lowest BCUT2D eigenvalue weighted by molar-refractivity contribution is -0.0578. The SMILES string of the molecule is CC(C)NCC1(c2ccc(Br)s2)COC1. The molecule has 0 aliphatic carbocycles. The summed E-state index contributed by atoms with van der Waals surface area (Å²) >= 11 is 5.33. The summed E-state index contributed by atoms with van der Waals surface area (Å²) in [6.45, 7) is 7.06. The van der Waals surface area contributed by atoms with E-state index < -0.39 is 0 Å². The van der Waals surface area contributed by atoms with E-state index in [0.29, 0.717) is 6.04 Å². The van der Waals surface area contributed by atoms with Crippen LogP contribution < -0.4 is 5.32 Å². The van der Waals surface area contributed by atoms with E-state index in [1.54, 1.807) is 0 Å². The van der Waals surface area contributed by atoms with Crippen molar-refractivity contribution in [3.05, 3.63) is 20.8 Å². The van der Waals surface area contributed by atoms with Crippen molar-refractivity contribution in [2.45, 2.75) is 25.3 Å². The first-order chi connectivity index (χ1) is 7.12. The zero-order chi connectivity index (χ0) is 10.9. The molecule has 2 nitrogen and oxygen atoms in total. The van der Waals surface area contributed by atoms with E-state index in [4.69, 9.17) is 4.74 Å². The van der Waals surface area contributed by atoms with Crippen LogP contribution in [0.4, 0.5) is 0 Å². The molecule has 84 valence electrons. The van der Waals surface area contributed by atoms with Gasteiger partial charge < -0.3 is 10.1 Å². The first-order valence-corrected chi connectivity index (χ1v) is 6.80. The molecular weight excluding hydrogens is 274 g/mol. The van der Waals surface area contributed by atoms with Crippen LogP contribution in [0.3, 0.4) is 0 Å². The van der Waals surface area contributed by atoms with Crippen molar-refractivity contribution in [1.82, 2.24) is 5.32 Å². The maximum Gasteiger partial charge on any atom is 0.0701 e. The number of thiophene rings is 1. The van der Waals surface area contributed by atoms with Gasteiger partial charge in [-0.3, -0.25) is 0 Å². The Morgan fingerprint density at radius 3 is 2.67 bits per heavy atom. The van der Waals surface area contributed by atoms with E-state index in [1.165, 1.54) is 8.66 Å². The molecule has 0 aromatic carbocycles. The van der Waals surface area contributed by atoms with Crippen LogP contribution in [0.1, 0.15) is 18.7 Å². The lowest BCUT2D eigenvalue weighted by Gasteiger charge is -2.41. The monoisotopic (exact) mass is 289 g/mol. The molecule has 0 saturated carbocycles. The minimum Gasteiger partial charge on any atom is -0.379 e. The molecular formula is C11H16BrNOS. The van der Waals surface area contributed by atoms with Crippen LogP contribution in [0.15, 0.2) is 15.9 Å². The lowest BCUT2D eigenvalue weighted by atomic mass is 9.84. The minimum absolute atomic E-state index is 0.223. The quantitative estimate of drug-likeness (QED) is 0.920. The van der Waals surface area contributed by atoms with E-state index in [1.807, 2.05) is 11.3 Å². The van der Waals surface area contributed by atoms with Crippen LogP contribution in [0.2, 0.25) is 0 Å². The second kappa shape index (κ2) is 4.53. The smallest absolute Gasteiger partial charge is 0.0701 e. The van der Waals surface area contributed by atoms with Crippen molar-refractivity contribution in [2.24, 2.45) is 0 Å². The van der Waals surface area contributed by atoms with Crippen molar-refractivity contribution in [3.63, 3.8) is 0 Å². The van der Waals surface area contributed by atoms with E-state index >= 15 is 0 Å². The van der Waals surface area contributed by atoms with Gasteiger partial charge in [0.15, 0.2) is 0 Å². The largest absolute Gasteiger partial charge is 0.379 e. The van der Waals surface area contributed by atoms with Crippen LogP contribution in [0, 0.1) is 0 Å². The average Bonchev–Trinajstić information content (AvgIpc) is 2.50. The van der Waals surface area contributed by atoms with Crippen molar-refractivity contribution < 1.29 is 4.74 Å². The summed E-state index contributed by atoms with van der Waals surface area (Å²) < 4.78 is 6.59. The number of rotatable bonds is 4. The highest BCUT2D eigenvalue weighted by molar-refractivity contribution is 9.11. The molecule has 1 aliphatic rings. The Labute approximate surface area is 103 Å². The summed E-state index contributed by atoms with van der Waals surface area (Å²) in [6, 6.07) is 4.86. The molecule has 0 radical (unpaired) electrons. The molecule has 0 atom stereocenters. The maximum absolute atomic E-state index is 5.39. The van der Waals surface area contributed by atoms with Gasteiger partial charge in [-0.15, -0.1) is 11.3 Å². The van der Waals surface area contributed by atoms with Crippen molar-refractivity contribution in [3.8, 4) is 0 Å². The number of hydrogen-bond acceptors (Lipinski definition) is 3. The Balaban J connectivity index is 2.08. The fourth-order valence-electron chi connectivity index (χ4n) is 1.68. The highest BCUT2D eigenvalue weighted by atomic mass is 79.9. The van der Waals surface area contributed by atoms with E-state index in [9.17, 15) is 0 Å². The summed E-state index contributed by atoms with van der Waals surface area (Å²) in [6.07, 6.45) is 0. The highest BCUT2D eigenvalue weighted by Gasteiger charge is 2.41. The summed E-state index contributed by atoms with van der Waals surface area (Å²) in [4.78, 5) is 1.42. The molecule has 4 heteroatoms. The Morgan fingerprint density at radius 1 is 1.53 bits per heavy atom. The third-order valence-electron chi connectivity index (χ3n) is 2.70. The van der Waals surface area contributed by atoms with Crippen LogP contribution in [-0.4, -0.2) is 25.8 Å². The number of hydrogen-bond donors (Lipinski definition) is 1. The molecule has 0 spiro atoms. The number of ether oxygens (including phenoxy) is 1. The van der Waals surface area contributed by atoms with Gasteiger partial charge in [0.25, 0.3) is 0 Å². The molecule has 0 amide bonds. The second-order valence-electron chi connectivity index (χ2n) is 4.41. The molecule has 1 aromatic heterocycles.